The summed E-state index contributed by atoms with van der Waals surface area (Å²) in [5.74, 6) is 0. The number of nitrogens with zero attached hydrogens (tertiary/aromatic N) is 2. The van der Waals surface area contributed by atoms with Crippen molar-refractivity contribution in [2.45, 2.75) is 19.7 Å². The van der Waals surface area contributed by atoms with Crippen molar-refractivity contribution in [3.8, 4) is 0 Å². The van der Waals surface area contributed by atoms with Gasteiger partial charge in [0.2, 0.25) is 0 Å². The van der Waals surface area contributed by atoms with Gasteiger partial charge in [-0.1, -0.05) is 24.3 Å². The fourth-order valence-corrected chi connectivity index (χ4v) is 1.52. The monoisotopic (exact) mass is 229 g/mol. The highest BCUT2D eigenvalue weighted by atomic mass is 16.3. The van der Waals surface area contributed by atoms with Crippen LogP contribution in [0, 0.1) is 0 Å². The summed E-state index contributed by atoms with van der Waals surface area (Å²) in [6, 6.07) is 7.88. The number of aromatic nitrogens is 2. The highest BCUT2D eigenvalue weighted by Crippen LogP contribution is 2.04. The van der Waals surface area contributed by atoms with Crippen LogP contribution in [0.25, 0.3) is 0 Å². The predicted molar refractivity (Wildman–Crippen MR) is 64.9 cm³/mol. The Balaban J connectivity index is 1.82. The van der Waals surface area contributed by atoms with Gasteiger partial charge in [0.15, 0.2) is 0 Å². The lowest BCUT2D eigenvalue weighted by Crippen LogP contribution is -2.13. The number of rotatable bonds is 5. The van der Waals surface area contributed by atoms with Gasteiger partial charge < -0.3 is 10.4 Å². The summed E-state index contributed by atoms with van der Waals surface area (Å²) in [7, 11) is 0. The topological polar surface area (TPSA) is 58.0 Å². The van der Waals surface area contributed by atoms with E-state index in [0.717, 1.165) is 17.8 Å². The summed E-state index contributed by atoms with van der Waals surface area (Å²) in [4.78, 5) is 8.18. The molecule has 17 heavy (non-hydrogen) atoms. The smallest absolute Gasteiger partial charge is 0.0724 e. The molecule has 0 spiro atoms. The summed E-state index contributed by atoms with van der Waals surface area (Å²) in [5.41, 5.74) is 3.05. The van der Waals surface area contributed by atoms with E-state index >= 15 is 0 Å². The maximum Gasteiger partial charge on any atom is 0.0724 e. The Kier molecular flexibility index (Phi) is 4.18. The molecule has 0 fully saturated rings. The molecule has 1 aromatic carbocycles. The molecule has 1 aromatic heterocycles. The minimum absolute atomic E-state index is 0.0906. The van der Waals surface area contributed by atoms with Crippen LogP contribution in [-0.4, -0.2) is 15.1 Å². The van der Waals surface area contributed by atoms with Crippen LogP contribution >= 0.6 is 0 Å². The highest BCUT2D eigenvalue weighted by Gasteiger charge is 1.95. The van der Waals surface area contributed by atoms with Crippen LogP contribution in [0.15, 0.2) is 42.9 Å². The van der Waals surface area contributed by atoms with E-state index < -0.39 is 0 Å². The zero-order valence-electron chi connectivity index (χ0n) is 9.50. The molecule has 0 aliphatic carbocycles. The molecular weight excluding hydrogens is 214 g/mol. The molecule has 1 heterocycles. The number of nitrogens with one attached hydrogen (secondary N) is 1. The summed E-state index contributed by atoms with van der Waals surface area (Å²) in [6.07, 6.45) is 5.10. The molecular formula is C13H15N3O. The summed E-state index contributed by atoms with van der Waals surface area (Å²) in [6.45, 7) is 1.57. The first-order chi connectivity index (χ1) is 8.38. The van der Waals surface area contributed by atoms with Gasteiger partial charge in [-0.25, -0.2) is 0 Å². The third kappa shape index (κ3) is 3.62. The highest BCUT2D eigenvalue weighted by molar-refractivity contribution is 5.21. The van der Waals surface area contributed by atoms with E-state index in [0.29, 0.717) is 6.54 Å². The fraction of sp³-hybridized carbons (Fsp3) is 0.231. The Bertz CT molecular complexity index is 442. The Morgan fingerprint density at radius 1 is 1.00 bits per heavy atom. The van der Waals surface area contributed by atoms with Crippen molar-refractivity contribution < 1.29 is 5.11 Å². The largest absolute Gasteiger partial charge is 0.392 e. The van der Waals surface area contributed by atoms with Gasteiger partial charge in [0.05, 0.1) is 12.3 Å². The summed E-state index contributed by atoms with van der Waals surface area (Å²) >= 11 is 0. The Morgan fingerprint density at radius 3 is 2.41 bits per heavy atom. The van der Waals surface area contributed by atoms with Crippen LogP contribution in [0.4, 0.5) is 0 Å². The molecule has 2 rings (SSSR count). The van der Waals surface area contributed by atoms with E-state index in [1.165, 1.54) is 5.56 Å². The first-order valence-electron chi connectivity index (χ1n) is 5.53. The van der Waals surface area contributed by atoms with Gasteiger partial charge in [0.25, 0.3) is 0 Å². The lowest BCUT2D eigenvalue weighted by Gasteiger charge is -2.04. The van der Waals surface area contributed by atoms with Crippen LogP contribution in [0.5, 0.6) is 0 Å². The molecule has 0 unspecified atom stereocenters. The average molecular weight is 229 g/mol. The van der Waals surface area contributed by atoms with E-state index in [4.69, 9.17) is 5.11 Å². The van der Waals surface area contributed by atoms with Crippen molar-refractivity contribution in [1.29, 1.82) is 0 Å². The van der Waals surface area contributed by atoms with Crippen molar-refractivity contribution in [2.24, 2.45) is 0 Å². The Morgan fingerprint density at radius 2 is 1.76 bits per heavy atom. The zero-order chi connectivity index (χ0) is 11.9. The van der Waals surface area contributed by atoms with Crippen molar-refractivity contribution >= 4 is 0 Å². The molecule has 0 atom stereocenters. The molecule has 4 nitrogen and oxygen atoms in total. The van der Waals surface area contributed by atoms with E-state index in [2.05, 4.69) is 15.3 Å². The third-order valence-corrected chi connectivity index (χ3v) is 2.46. The van der Waals surface area contributed by atoms with Crippen molar-refractivity contribution in [1.82, 2.24) is 15.3 Å². The molecule has 0 bridgehead atoms. The third-order valence-electron chi connectivity index (χ3n) is 2.46. The van der Waals surface area contributed by atoms with E-state index in [9.17, 15) is 0 Å². The second kappa shape index (κ2) is 6.08. The molecule has 88 valence electrons. The van der Waals surface area contributed by atoms with Gasteiger partial charge in [-0.3, -0.25) is 9.97 Å². The van der Waals surface area contributed by atoms with Crippen molar-refractivity contribution in [2.75, 3.05) is 0 Å². The summed E-state index contributed by atoms with van der Waals surface area (Å²) < 4.78 is 0. The van der Waals surface area contributed by atoms with E-state index in [-0.39, 0.29) is 6.61 Å². The average Bonchev–Trinajstić information content (AvgIpc) is 2.41. The maximum absolute atomic E-state index is 8.92. The quantitative estimate of drug-likeness (QED) is 0.810. The fourth-order valence-electron chi connectivity index (χ4n) is 1.52. The maximum atomic E-state index is 8.92. The molecule has 4 heteroatoms. The second-order valence-corrected chi connectivity index (χ2v) is 3.77. The predicted octanol–water partition coefficient (Wildman–Crippen LogP) is 1.26. The molecule has 0 aliphatic heterocycles. The Labute approximate surface area is 100 Å². The van der Waals surface area contributed by atoms with Gasteiger partial charge in [-0.05, 0) is 11.1 Å². The van der Waals surface area contributed by atoms with Crippen LogP contribution in [0.3, 0.4) is 0 Å². The number of hydrogen-bond acceptors (Lipinski definition) is 4. The zero-order valence-corrected chi connectivity index (χ0v) is 9.50. The van der Waals surface area contributed by atoms with Crippen LogP contribution < -0.4 is 5.32 Å². The lowest BCUT2D eigenvalue weighted by atomic mass is 10.1. The molecule has 0 aliphatic rings. The minimum Gasteiger partial charge on any atom is -0.392 e. The van der Waals surface area contributed by atoms with Gasteiger partial charge in [0, 0.05) is 31.7 Å². The van der Waals surface area contributed by atoms with Gasteiger partial charge in [-0.15, -0.1) is 0 Å². The number of aliphatic hydroxyl groups excluding tert-OH is 1. The summed E-state index contributed by atoms with van der Waals surface area (Å²) in [5, 5.41) is 12.2. The van der Waals surface area contributed by atoms with E-state index in [1.807, 2.05) is 24.3 Å². The van der Waals surface area contributed by atoms with Crippen molar-refractivity contribution in [3.05, 3.63) is 59.7 Å². The lowest BCUT2D eigenvalue weighted by molar-refractivity contribution is 0.282. The van der Waals surface area contributed by atoms with Gasteiger partial charge in [-0.2, -0.15) is 0 Å². The van der Waals surface area contributed by atoms with Crippen LogP contribution in [0.1, 0.15) is 16.8 Å². The minimum atomic E-state index is 0.0906. The number of hydrogen-bond donors (Lipinski definition) is 2. The normalized spacial score (nSPS) is 10.4. The molecule has 0 amide bonds. The molecule has 0 saturated carbocycles. The SMILES string of the molecule is OCc1ccc(CNCc2cnccn2)cc1. The Hall–Kier alpha value is -1.78. The van der Waals surface area contributed by atoms with Gasteiger partial charge >= 0.3 is 0 Å². The first kappa shape index (κ1) is 11.7. The molecule has 2 N–H and O–H groups in total. The van der Waals surface area contributed by atoms with Gasteiger partial charge in [0.1, 0.15) is 0 Å². The second-order valence-electron chi connectivity index (χ2n) is 3.77. The number of aliphatic hydroxyl groups is 1. The van der Waals surface area contributed by atoms with E-state index in [1.54, 1.807) is 18.6 Å². The molecule has 0 saturated heterocycles. The molecule has 0 radical (unpaired) electrons. The standard InChI is InChI=1S/C13H15N3O/c17-10-12-3-1-11(2-4-12)7-15-9-13-8-14-5-6-16-13/h1-6,8,15,17H,7,9-10H2. The van der Waals surface area contributed by atoms with Crippen LogP contribution in [0.2, 0.25) is 0 Å². The van der Waals surface area contributed by atoms with Crippen LogP contribution in [-0.2, 0) is 19.7 Å². The van der Waals surface area contributed by atoms with Crippen molar-refractivity contribution in [3.63, 3.8) is 0 Å². The molecule has 2 aromatic rings. The first-order valence-corrected chi connectivity index (χ1v) is 5.53. The number of benzene rings is 1.